The molecule has 9 heteroatoms. The van der Waals surface area contributed by atoms with Crippen molar-refractivity contribution < 1.29 is 33.3 Å². The van der Waals surface area contributed by atoms with Crippen molar-refractivity contribution in [1.29, 1.82) is 0 Å². The lowest BCUT2D eigenvalue weighted by atomic mass is 9.98. The third-order valence-corrected chi connectivity index (χ3v) is 12.0. The van der Waals surface area contributed by atoms with Crippen molar-refractivity contribution in [3.63, 3.8) is 0 Å². The highest BCUT2D eigenvalue weighted by atomic mass is 79.9. The van der Waals surface area contributed by atoms with Gasteiger partial charge in [0.25, 0.3) is 0 Å². The predicted octanol–water partition coefficient (Wildman–Crippen LogP) is 15.4. The summed E-state index contributed by atoms with van der Waals surface area (Å²) in [7, 11) is 0.458. The van der Waals surface area contributed by atoms with E-state index in [1.165, 1.54) is 11.1 Å². The van der Waals surface area contributed by atoms with Crippen molar-refractivity contribution >= 4 is 47.8 Å². The number of hydrogen-bond donors (Lipinski definition) is 2. The van der Waals surface area contributed by atoms with Crippen LogP contribution in [0.4, 0.5) is 0 Å². The molecule has 6 aromatic carbocycles. The molecule has 6 aromatic rings. The number of alkyl halides is 1. The normalized spacial score (nSPS) is 11.0. The van der Waals surface area contributed by atoms with E-state index in [2.05, 4.69) is 78.3 Å². The van der Waals surface area contributed by atoms with Crippen LogP contribution in [0.25, 0.3) is 24.3 Å². The molecule has 0 amide bonds. The summed E-state index contributed by atoms with van der Waals surface area (Å²) in [6, 6.07) is 47.5. The molecule has 0 aliphatic heterocycles. The number of methoxy groups -OCH3 is 2. The Bertz CT molecular complexity index is 2240. The molecule has 0 aliphatic rings. The minimum Gasteiger partial charge on any atom is -0.507 e. The van der Waals surface area contributed by atoms with E-state index >= 15 is 0 Å². The lowest BCUT2D eigenvalue weighted by molar-refractivity contribution is 0.219. The van der Waals surface area contributed by atoms with Crippen LogP contribution in [0.5, 0.6) is 23.0 Å². The van der Waals surface area contributed by atoms with Gasteiger partial charge in [-0.1, -0.05) is 189 Å². The molecule has 2 N–H and O–H groups in total. The zero-order valence-corrected chi connectivity index (χ0v) is 40.4. The van der Waals surface area contributed by atoms with Crippen molar-refractivity contribution in [2.45, 2.75) is 64.9 Å². The number of phenols is 2. The zero-order chi connectivity index (χ0) is 46.0. The van der Waals surface area contributed by atoms with Gasteiger partial charge in [0.15, 0.2) is 0 Å². The Morgan fingerprint density at radius 1 is 0.524 bits per heavy atom. The molecule has 0 bridgehead atoms. The maximum Gasteiger partial charge on any atom is 0.335 e. The van der Waals surface area contributed by atoms with Crippen LogP contribution in [0.2, 0.25) is 0 Å². The van der Waals surface area contributed by atoms with Crippen molar-refractivity contribution in [1.82, 2.24) is 0 Å². The van der Waals surface area contributed by atoms with Gasteiger partial charge in [-0.2, -0.15) is 0 Å². The molecule has 0 radical (unpaired) electrons. The van der Waals surface area contributed by atoms with Gasteiger partial charge < -0.3 is 28.7 Å². The van der Waals surface area contributed by atoms with Gasteiger partial charge in [0.2, 0.25) is 0 Å². The molecular weight excluding hydrogens is 871 g/mol. The number of aromatic hydroxyl groups is 2. The van der Waals surface area contributed by atoms with E-state index in [1.54, 1.807) is 26.4 Å². The highest BCUT2D eigenvalue weighted by Gasteiger charge is 2.23. The van der Waals surface area contributed by atoms with Gasteiger partial charge in [-0.05, 0) is 83.3 Å². The first-order valence-electron chi connectivity index (χ1n) is 21.2. The molecule has 7 nitrogen and oxygen atoms in total. The maximum atomic E-state index is 12.1. The maximum absolute atomic E-state index is 12.1. The summed E-state index contributed by atoms with van der Waals surface area (Å²) in [6.45, 7) is 12.6. The van der Waals surface area contributed by atoms with E-state index in [9.17, 15) is 14.8 Å². The van der Waals surface area contributed by atoms with Gasteiger partial charge in [0.1, 0.15) is 23.0 Å². The van der Waals surface area contributed by atoms with Gasteiger partial charge in [-0.25, -0.2) is 0 Å². The van der Waals surface area contributed by atoms with Crippen LogP contribution in [-0.4, -0.2) is 37.6 Å². The molecular formula is C54H64BrO7P. The van der Waals surface area contributed by atoms with Crippen molar-refractivity contribution in [2.75, 3.05) is 27.4 Å². The van der Waals surface area contributed by atoms with Crippen LogP contribution in [0, 0.1) is 0 Å². The molecule has 63 heavy (non-hydrogen) atoms. The molecule has 0 spiro atoms. The minimum absolute atomic E-state index is 0.0900. The lowest BCUT2D eigenvalue weighted by Gasteiger charge is -2.17. The Morgan fingerprint density at radius 3 is 1.21 bits per heavy atom. The first-order chi connectivity index (χ1) is 30.4. The summed E-state index contributed by atoms with van der Waals surface area (Å²) < 4.78 is 33.6. The molecule has 0 saturated carbocycles. The van der Waals surface area contributed by atoms with E-state index in [4.69, 9.17) is 18.5 Å². The number of benzene rings is 6. The Balaban J connectivity index is 0.000000233. The van der Waals surface area contributed by atoms with Gasteiger partial charge >= 0.3 is 7.60 Å². The van der Waals surface area contributed by atoms with Crippen LogP contribution in [0.1, 0.15) is 97.9 Å². The average molecular weight is 936 g/mol. The summed E-state index contributed by atoms with van der Waals surface area (Å²) in [5.74, 6) is 2.47. The van der Waals surface area contributed by atoms with E-state index in [1.807, 2.05) is 137 Å². The molecule has 0 fully saturated rings. The molecule has 0 atom stereocenters. The largest absolute Gasteiger partial charge is 0.507 e. The lowest BCUT2D eigenvalue weighted by Crippen LogP contribution is -1.99. The van der Waals surface area contributed by atoms with Crippen molar-refractivity contribution in [3.05, 3.63) is 190 Å². The third kappa shape index (κ3) is 18.5. The Labute approximate surface area is 384 Å². The Morgan fingerprint density at radius 2 is 0.873 bits per heavy atom. The fraction of sp³-hybridized carbons (Fsp3) is 0.259. The summed E-state index contributed by atoms with van der Waals surface area (Å²) >= 11 is 3.36. The fourth-order valence-electron chi connectivity index (χ4n) is 6.37. The van der Waals surface area contributed by atoms with Crippen molar-refractivity contribution in [3.8, 4) is 23.0 Å². The summed E-state index contributed by atoms with van der Waals surface area (Å²) in [4.78, 5) is 0. The van der Waals surface area contributed by atoms with Crippen LogP contribution < -0.4 is 9.47 Å². The molecule has 334 valence electrons. The van der Waals surface area contributed by atoms with Gasteiger partial charge in [0, 0.05) is 16.5 Å². The summed E-state index contributed by atoms with van der Waals surface area (Å²) in [5.41, 5.74) is 8.10. The number of ether oxygens (including phenoxy) is 2. The molecule has 0 aliphatic carbocycles. The summed E-state index contributed by atoms with van der Waals surface area (Å²) in [6.07, 6.45) is 8.32. The Hall–Kier alpha value is -5.37. The summed E-state index contributed by atoms with van der Waals surface area (Å²) in [5, 5.41) is 20.8. The number of halogens is 1. The topological polar surface area (TPSA) is 94.5 Å². The molecule has 0 saturated heterocycles. The van der Waals surface area contributed by atoms with E-state index in [0.29, 0.717) is 30.9 Å². The van der Waals surface area contributed by atoms with Gasteiger partial charge in [0.05, 0.1) is 33.6 Å². The van der Waals surface area contributed by atoms with Crippen molar-refractivity contribution in [2.24, 2.45) is 0 Å². The molecule has 0 unspecified atom stereocenters. The average Bonchev–Trinajstić information content (AvgIpc) is 3.29. The highest BCUT2D eigenvalue weighted by Crippen LogP contribution is 2.51. The molecule has 6 rings (SSSR count). The monoisotopic (exact) mass is 934 g/mol. The number of rotatable bonds is 15. The van der Waals surface area contributed by atoms with Crippen LogP contribution >= 0.6 is 23.5 Å². The van der Waals surface area contributed by atoms with Crippen LogP contribution in [-0.2, 0) is 25.1 Å². The SMILES string of the molecule is BrCc1ccccc1.CC(C)c1c(O)cc(/C=C/c2ccccc2)cc1O.CCOP(=O)(Cc1ccccc1)OCC.COc1cc(/C=C/c2ccccc2)cc(OC)c1C(C)C. The van der Waals surface area contributed by atoms with E-state index in [-0.39, 0.29) is 17.4 Å². The second kappa shape index (κ2) is 28.3. The highest BCUT2D eigenvalue weighted by molar-refractivity contribution is 9.08. The zero-order valence-electron chi connectivity index (χ0n) is 37.9. The van der Waals surface area contributed by atoms with Gasteiger partial charge in [-0.15, -0.1) is 0 Å². The predicted molar refractivity (Wildman–Crippen MR) is 268 cm³/mol. The second-order valence-electron chi connectivity index (χ2n) is 14.8. The fourth-order valence-corrected chi connectivity index (χ4v) is 8.44. The first-order valence-corrected chi connectivity index (χ1v) is 24.0. The quantitative estimate of drug-likeness (QED) is 0.0602. The van der Waals surface area contributed by atoms with Crippen LogP contribution in [0.3, 0.4) is 0 Å². The molecule has 0 heterocycles. The number of phenolic OH excluding ortho intramolecular Hbond substituents is 2. The number of hydrogen-bond acceptors (Lipinski definition) is 7. The van der Waals surface area contributed by atoms with Crippen LogP contribution in [0.15, 0.2) is 146 Å². The van der Waals surface area contributed by atoms with E-state index < -0.39 is 7.60 Å². The smallest absolute Gasteiger partial charge is 0.335 e. The molecule has 0 aromatic heterocycles. The first kappa shape index (κ1) is 52.0. The second-order valence-corrected chi connectivity index (χ2v) is 17.4. The van der Waals surface area contributed by atoms with Gasteiger partial charge in [-0.3, -0.25) is 4.57 Å². The minimum atomic E-state index is -2.94. The van der Waals surface area contributed by atoms with E-state index in [0.717, 1.165) is 44.6 Å². The Kier molecular flexibility index (Phi) is 23.4. The standard InChI is InChI=1S/C19H22O2.C17H18O2.C11H17O3P.C7H7Br/c1-14(2)19-17(20-3)12-16(13-18(19)21-4)11-10-15-8-6-5-7-9-15;1-12(2)17-15(18)10-14(11-16(17)19)9-8-13-6-4-3-5-7-13;1-3-13-15(12,14-4-2)10-11-8-6-5-7-9-11;8-6-7-4-2-1-3-5-7/h5-14H,1-4H3;3-12,18-19H,1-2H3;5-9H,3-4,10H2,1-2H3;1-5H,6H2/b11-10+;9-8+;;. The third-order valence-electron chi connectivity index (χ3n) is 9.28.